The smallest absolute Gasteiger partial charge is 0.174 e. The van der Waals surface area contributed by atoms with Crippen LogP contribution in [0.1, 0.15) is 29.0 Å². The van der Waals surface area contributed by atoms with Crippen molar-refractivity contribution in [2.75, 3.05) is 4.90 Å². The molecule has 0 saturated carbocycles. The van der Waals surface area contributed by atoms with E-state index in [0.29, 0.717) is 10.8 Å². The number of aromatic hydroxyl groups is 1. The highest BCUT2D eigenvalue weighted by atomic mass is 32.1. The Bertz CT molecular complexity index is 1240. The van der Waals surface area contributed by atoms with Crippen LogP contribution in [0.25, 0.3) is 5.69 Å². The summed E-state index contributed by atoms with van der Waals surface area (Å²) in [5.41, 5.74) is 4.88. The van der Waals surface area contributed by atoms with Gasteiger partial charge < -0.3 is 19.9 Å². The average molecular weight is 427 g/mol. The van der Waals surface area contributed by atoms with Crippen molar-refractivity contribution < 1.29 is 5.11 Å². The number of aromatic nitrogens is 2. The van der Waals surface area contributed by atoms with Gasteiger partial charge in [-0.25, -0.2) is 0 Å². The number of thiocarbonyl (C=S) groups is 1. The Morgan fingerprint density at radius 2 is 1.81 bits per heavy atom. The number of hydrogen-bond donors (Lipinski definition) is 2. The summed E-state index contributed by atoms with van der Waals surface area (Å²) in [5, 5.41) is 14.6. The first-order valence-electron chi connectivity index (χ1n) is 10.2. The zero-order valence-corrected chi connectivity index (χ0v) is 17.8. The predicted octanol–water partition coefficient (Wildman–Crippen LogP) is 5.06. The van der Waals surface area contributed by atoms with Crippen molar-refractivity contribution in [2.45, 2.75) is 19.0 Å². The van der Waals surface area contributed by atoms with E-state index in [2.05, 4.69) is 58.3 Å². The summed E-state index contributed by atoms with van der Waals surface area (Å²) in [7, 11) is 0. The van der Waals surface area contributed by atoms with Crippen LogP contribution in [0.4, 0.5) is 5.69 Å². The Hall–Kier alpha value is -3.64. The Kier molecular flexibility index (Phi) is 4.92. The van der Waals surface area contributed by atoms with Gasteiger partial charge in [0.25, 0.3) is 0 Å². The topological polar surface area (TPSA) is 53.3 Å². The van der Waals surface area contributed by atoms with Crippen LogP contribution in [0.2, 0.25) is 0 Å². The number of phenolic OH excluding ortho intramolecular Hbond substituents is 1. The summed E-state index contributed by atoms with van der Waals surface area (Å²) in [6, 6.07) is 25.3. The van der Waals surface area contributed by atoms with Crippen molar-refractivity contribution in [3.05, 3.63) is 108 Å². The third-order valence-corrected chi connectivity index (χ3v) is 5.92. The summed E-state index contributed by atoms with van der Waals surface area (Å²) in [6.45, 7) is 2.09. The summed E-state index contributed by atoms with van der Waals surface area (Å²) in [6.07, 6.45) is 3.85. The minimum atomic E-state index is -0.203. The minimum absolute atomic E-state index is 0.174. The van der Waals surface area contributed by atoms with Gasteiger partial charge in [-0.3, -0.25) is 4.98 Å². The first-order chi connectivity index (χ1) is 15.1. The molecule has 2 atom stereocenters. The summed E-state index contributed by atoms with van der Waals surface area (Å²) >= 11 is 5.76. The minimum Gasteiger partial charge on any atom is -0.506 e. The zero-order valence-electron chi connectivity index (χ0n) is 17.0. The second-order valence-electron chi connectivity index (χ2n) is 7.63. The fourth-order valence-electron chi connectivity index (χ4n) is 4.23. The molecule has 5 nitrogen and oxygen atoms in total. The van der Waals surface area contributed by atoms with E-state index in [1.807, 2.05) is 47.4 Å². The van der Waals surface area contributed by atoms with E-state index in [0.717, 1.165) is 17.1 Å². The summed E-state index contributed by atoms with van der Waals surface area (Å²) < 4.78 is 2.18. The van der Waals surface area contributed by atoms with E-state index in [9.17, 15) is 5.11 Å². The van der Waals surface area contributed by atoms with Gasteiger partial charge >= 0.3 is 0 Å². The highest BCUT2D eigenvalue weighted by molar-refractivity contribution is 7.80. The van der Waals surface area contributed by atoms with Gasteiger partial charge in [-0.1, -0.05) is 30.3 Å². The van der Waals surface area contributed by atoms with Crippen LogP contribution in [-0.2, 0) is 0 Å². The molecule has 0 bridgehead atoms. The van der Waals surface area contributed by atoms with Gasteiger partial charge in [0.2, 0.25) is 0 Å². The Labute approximate surface area is 186 Å². The number of benzene rings is 2. The first kappa shape index (κ1) is 19.3. The molecule has 31 heavy (non-hydrogen) atoms. The van der Waals surface area contributed by atoms with Crippen molar-refractivity contribution in [1.82, 2.24) is 14.9 Å². The molecule has 2 aromatic heterocycles. The molecule has 0 unspecified atom stereocenters. The highest BCUT2D eigenvalue weighted by Gasteiger charge is 2.42. The fraction of sp³-hybridized carbons (Fsp3) is 0.120. The number of para-hydroxylation sites is 2. The van der Waals surface area contributed by atoms with Crippen molar-refractivity contribution in [3.63, 3.8) is 0 Å². The van der Waals surface area contributed by atoms with Gasteiger partial charge in [-0.15, -0.1) is 0 Å². The molecule has 2 aromatic carbocycles. The Balaban J connectivity index is 1.69. The molecule has 1 fully saturated rings. The molecule has 2 N–H and O–H groups in total. The van der Waals surface area contributed by atoms with E-state index in [4.69, 9.17) is 12.2 Å². The van der Waals surface area contributed by atoms with Crippen molar-refractivity contribution >= 4 is 23.0 Å². The number of rotatable bonds is 4. The molecule has 6 heteroatoms. The number of aryl methyl sites for hydroxylation is 1. The van der Waals surface area contributed by atoms with Crippen LogP contribution in [0, 0.1) is 6.92 Å². The third kappa shape index (κ3) is 3.45. The number of phenols is 1. The number of pyridine rings is 1. The average Bonchev–Trinajstić information content (AvgIpc) is 3.39. The lowest BCUT2D eigenvalue weighted by Crippen LogP contribution is -2.30. The lowest BCUT2D eigenvalue weighted by atomic mass is 10.0. The number of anilines is 1. The van der Waals surface area contributed by atoms with Crippen molar-refractivity contribution in [2.24, 2.45) is 0 Å². The van der Waals surface area contributed by atoms with Gasteiger partial charge in [0, 0.05) is 23.8 Å². The van der Waals surface area contributed by atoms with Crippen molar-refractivity contribution in [1.29, 1.82) is 0 Å². The molecule has 154 valence electrons. The lowest BCUT2D eigenvalue weighted by Gasteiger charge is -2.29. The van der Waals surface area contributed by atoms with Gasteiger partial charge in [0.15, 0.2) is 5.11 Å². The quantitative estimate of drug-likeness (QED) is 0.447. The van der Waals surface area contributed by atoms with Crippen LogP contribution >= 0.6 is 12.2 Å². The highest BCUT2D eigenvalue weighted by Crippen LogP contribution is 2.44. The molecular formula is C25H22N4OS. The monoisotopic (exact) mass is 426 g/mol. The SMILES string of the molecule is Cc1cccc(-n2cccc2[C@@H]2[C@H](c3ccccn3)NC(=S)N2c2ccccc2O)c1. The van der Waals surface area contributed by atoms with Crippen LogP contribution in [0.3, 0.4) is 0 Å². The van der Waals surface area contributed by atoms with E-state index < -0.39 is 0 Å². The molecule has 0 radical (unpaired) electrons. The normalized spacial score (nSPS) is 18.2. The molecule has 3 heterocycles. The molecule has 0 spiro atoms. The predicted molar refractivity (Wildman–Crippen MR) is 127 cm³/mol. The van der Waals surface area contributed by atoms with E-state index in [1.54, 1.807) is 12.3 Å². The lowest BCUT2D eigenvalue weighted by molar-refractivity contribution is 0.472. The standard InChI is InChI=1S/C25H22N4OS/c1-17-8-6-9-18(16-17)28-15-7-12-21(28)24-23(19-10-4-5-14-26-19)27-25(31)29(24)20-11-2-3-13-22(20)30/h2-16,23-24,30H,1H3,(H,27,31)/t23-,24+/m0/s1. The van der Waals surface area contributed by atoms with Gasteiger partial charge in [0.05, 0.1) is 17.4 Å². The van der Waals surface area contributed by atoms with Gasteiger partial charge in [0.1, 0.15) is 11.8 Å². The molecule has 1 aliphatic heterocycles. The van der Waals surface area contributed by atoms with E-state index in [1.165, 1.54) is 5.56 Å². The molecule has 1 saturated heterocycles. The van der Waals surface area contributed by atoms with Gasteiger partial charge in [-0.05, 0) is 73.2 Å². The molecule has 5 rings (SSSR count). The number of hydrogen-bond acceptors (Lipinski definition) is 3. The Morgan fingerprint density at radius 3 is 2.58 bits per heavy atom. The maximum atomic E-state index is 10.6. The maximum Gasteiger partial charge on any atom is 0.174 e. The largest absolute Gasteiger partial charge is 0.506 e. The molecule has 4 aromatic rings. The summed E-state index contributed by atoms with van der Waals surface area (Å²) in [5.74, 6) is 0.187. The van der Waals surface area contributed by atoms with Crippen LogP contribution < -0.4 is 10.2 Å². The summed E-state index contributed by atoms with van der Waals surface area (Å²) in [4.78, 5) is 6.59. The molecular weight excluding hydrogens is 404 g/mol. The van der Waals surface area contributed by atoms with Crippen LogP contribution in [-0.4, -0.2) is 19.8 Å². The number of nitrogens with one attached hydrogen (secondary N) is 1. The van der Waals surface area contributed by atoms with Gasteiger partial charge in [-0.2, -0.15) is 0 Å². The second kappa shape index (κ2) is 7.89. The van der Waals surface area contributed by atoms with Crippen LogP contribution in [0.15, 0.2) is 91.3 Å². The number of nitrogens with zero attached hydrogens (tertiary/aromatic N) is 3. The van der Waals surface area contributed by atoms with Crippen molar-refractivity contribution in [3.8, 4) is 11.4 Å². The molecule has 0 amide bonds. The molecule has 0 aliphatic carbocycles. The zero-order chi connectivity index (χ0) is 21.4. The fourth-order valence-corrected chi connectivity index (χ4v) is 4.57. The second-order valence-corrected chi connectivity index (χ2v) is 8.01. The maximum absolute atomic E-state index is 10.6. The van der Waals surface area contributed by atoms with E-state index >= 15 is 0 Å². The third-order valence-electron chi connectivity index (χ3n) is 5.60. The van der Waals surface area contributed by atoms with Crippen LogP contribution in [0.5, 0.6) is 5.75 Å². The van der Waals surface area contributed by atoms with E-state index in [-0.39, 0.29) is 17.8 Å². The first-order valence-corrected chi connectivity index (χ1v) is 10.6. The molecule has 1 aliphatic rings. The Morgan fingerprint density at radius 1 is 0.968 bits per heavy atom.